The molecule has 30 heavy (non-hydrogen) atoms. The molecule has 0 fully saturated rings. The fourth-order valence-corrected chi connectivity index (χ4v) is 2.70. The average molecular weight is 402 g/mol. The number of rotatable bonds is 7. The minimum absolute atomic E-state index is 0.0763. The Morgan fingerprint density at radius 3 is 2.57 bits per heavy atom. The zero-order chi connectivity index (χ0) is 21.3. The van der Waals surface area contributed by atoms with E-state index in [0.717, 1.165) is 0 Å². The van der Waals surface area contributed by atoms with E-state index in [4.69, 9.17) is 9.47 Å². The van der Waals surface area contributed by atoms with Crippen molar-refractivity contribution < 1.29 is 18.7 Å². The van der Waals surface area contributed by atoms with Crippen LogP contribution in [-0.2, 0) is 11.4 Å². The molecule has 0 saturated heterocycles. The summed E-state index contributed by atoms with van der Waals surface area (Å²) in [6, 6.07) is 21.8. The number of benzene rings is 3. The van der Waals surface area contributed by atoms with Crippen LogP contribution in [0.25, 0.3) is 6.08 Å². The third kappa shape index (κ3) is 5.46. The molecule has 5 nitrogen and oxygen atoms in total. The van der Waals surface area contributed by atoms with E-state index < -0.39 is 5.91 Å². The van der Waals surface area contributed by atoms with Crippen molar-refractivity contribution in [3.63, 3.8) is 0 Å². The maximum absolute atomic E-state index is 13.3. The Kier molecular flexibility index (Phi) is 6.80. The highest BCUT2D eigenvalue weighted by Gasteiger charge is 2.11. The molecule has 3 aromatic rings. The molecule has 0 heterocycles. The first-order chi connectivity index (χ1) is 14.6. The van der Waals surface area contributed by atoms with Gasteiger partial charge < -0.3 is 14.8 Å². The first kappa shape index (κ1) is 20.6. The maximum atomic E-state index is 13.3. The van der Waals surface area contributed by atoms with E-state index in [2.05, 4.69) is 5.32 Å². The molecule has 0 aliphatic carbocycles. The monoisotopic (exact) mass is 402 g/mol. The number of nitrogens with one attached hydrogen (secondary N) is 1. The van der Waals surface area contributed by atoms with Gasteiger partial charge in [-0.2, -0.15) is 5.26 Å². The number of hydrogen-bond donors (Lipinski definition) is 1. The topological polar surface area (TPSA) is 71.3 Å². The van der Waals surface area contributed by atoms with Gasteiger partial charge in [0.1, 0.15) is 35.6 Å². The van der Waals surface area contributed by atoms with Crippen LogP contribution in [0.3, 0.4) is 0 Å². The Labute approximate surface area is 174 Å². The molecule has 0 aliphatic heterocycles. The number of amides is 1. The molecule has 0 atom stereocenters. The largest absolute Gasteiger partial charge is 0.497 e. The second-order valence-corrected chi connectivity index (χ2v) is 6.31. The SMILES string of the molecule is COc1ccc(NC(=O)/C(C#N)=C/c2ccccc2OCc2cccc(F)c2)cc1. The van der Waals surface area contributed by atoms with Gasteiger partial charge in [0.05, 0.1) is 7.11 Å². The molecule has 0 aromatic heterocycles. The van der Waals surface area contributed by atoms with Crippen molar-refractivity contribution in [1.29, 1.82) is 5.26 Å². The number of nitrogens with zero attached hydrogens (tertiary/aromatic N) is 1. The van der Waals surface area contributed by atoms with Crippen LogP contribution in [0.5, 0.6) is 11.5 Å². The number of halogens is 1. The van der Waals surface area contributed by atoms with Crippen LogP contribution >= 0.6 is 0 Å². The van der Waals surface area contributed by atoms with Gasteiger partial charge >= 0.3 is 0 Å². The number of para-hydroxylation sites is 1. The van der Waals surface area contributed by atoms with Crippen molar-refractivity contribution in [3.05, 3.63) is 95.3 Å². The molecule has 0 bridgehead atoms. The second-order valence-electron chi connectivity index (χ2n) is 6.31. The number of hydrogen-bond acceptors (Lipinski definition) is 4. The van der Waals surface area contributed by atoms with E-state index in [0.29, 0.717) is 28.3 Å². The summed E-state index contributed by atoms with van der Waals surface area (Å²) in [5.74, 6) is 0.258. The smallest absolute Gasteiger partial charge is 0.266 e. The lowest BCUT2D eigenvalue weighted by Gasteiger charge is -2.10. The number of carbonyl (C=O) groups is 1. The van der Waals surface area contributed by atoms with Crippen LogP contribution in [-0.4, -0.2) is 13.0 Å². The van der Waals surface area contributed by atoms with Gasteiger partial charge in [-0.05, 0) is 54.1 Å². The molecular formula is C24H19FN2O3. The highest BCUT2D eigenvalue weighted by molar-refractivity contribution is 6.09. The zero-order valence-electron chi connectivity index (χ0n) is 16.3. The first-order valence-electron chi connectivity index (χ1n) is 9.12. The molecule has 0 aliphatic rings. The van der Waals surface area contributed by atoms with Crippen LogP contribution < -0.4 is 14.8 Å². The van der Waals surface area contributed by atoms with Gasteiger partial charge in [-0.3, -0.25) is 4.79 Å². The first-order valence-corrected chi connectivity index (χ1v) is 9.12. The lowest BCUT2D eigenvalue weighted by atomic mass is 10.1. The highest BCUT2D eigenvalue weighted by Crippen LogP contribution is 2.23. The summed E-state index contributed by atoms with van der Waals surface area (Å²) in [7, 11) is 1.55. The molecule has 1 amide bonds. The standard InChI is InChI=1S/C24H19FN2O3/c1-29-22-11-9-21(10-12-22)27-24(28)19(15-26)14-18-6-2-3-8-23(18)30-16-17-5-4-7-20(25)13-17/h2-14H,16H2,1H3,(H,27,28)/b19-14+. The molecule has 6 heteroatoms. The van der Waals surface area contributed by atoms with Crippen molar-refractivity contribution in [2.24, 2.45) is 0 Å². The van der Waals surface area contributed by atoms with Gasteiger partial charge in [-0.25, -0.2) is 4.39 Å². The summed E-state index contributed by atoms with van der Waals surface area (Å²) in [6.07, 6.45) is 1.46. The highest BCUT2D eigenvalue weighted by atomic mass is 19.1. The minimum atomic E-state index is -0.539. The molecule has 3 rings (SSSR count). The Balaban J connectivity index is 1.76. The van der Waals surface area contributed by atoms with Gasteiger partial charge in [-0.15, -0.1) is 0 Å². The third-order valence-electron chi connectivity index (χ3n) is 4.22. The maximum Gasteiger partial charge on any atom is 0.266 e. The van der Waals surface area contributed by atoms with Gasteiger partial charge in [-0.1, -0.05) is 30.3 Å². The third-order valence-corrected chi connectivity index (χ3v) is 4.22. The van der Waals surface area contributed by atoms with E-state index in [9.17, 15) is 14.4 Å². The molecule has 1 N–H and O–H groups in total. The fraction of sp³-hybridized carbons (Fsp3) is 0.0833. The molecule has 0 saturated carbocycles. The van der Waals surface area contributed by atoms with Crippen LogP contribution in [0.1, 0.15) is 11.1 Å². The quantitative estimate of drug-likeness (QED) is 0.448. The van der Waals surface area contributed by atoms with Crippen molar-refractivity contribution in [3.8, 4) is 17.6 Å². The molecule has 0 radical (unpaired) electrons. The van der Waals surface area contributed by atoms with E-state index in [1.807, 2.05) is 6.07 Å². The lowest BCUT2D eigenvalue weighted by Crippen LogP contribution is -2.13. The van der Waals surface area contributed by atoms with Crippen molar-refractivity contribution in [2.75, 3.05) is 12.4 Å². The van der Waals surface area contributed by atoms with Crippen molar-refractivity contribution in [2.45, 2.75) is 6.61 Å². The van der Waals surface area contributed by atoms with Crippen LogP contribution in [0, 0.1) is 17.1 Å². The second kappa shape index (κ2) is 9.89. The Hall–Kier alpha value is -4.11. The Morgan fingerprint density at radius 2 is 1.87 bits per heavy atom. The van der Waals surface area contributed by atoms with Gasteiger partial charge in [0.15, 0.2) is 0 Å². The number of anilines is 1. The Bertz CT molecular complexity index is 1100. The summed E-state index contributed by atoms with van der Waals surface area (Å²) in [5.41, 5.74) is 1.70. The molecule has 0 unspecified atom stereocenters. The van der Waals surface area contributed by atoms with Crippen molar-refractivity contribution >= 4 is 17.7 Å². The number of methoxy groups -OCH3 is 1. The van der Waals surface area contributed by atoms with Gasteiger partial charge in [0, 0.05) is 11.3 Å². The molecule has 0 spiro atoms. The summed E-state index contributed by atoms with van der Waals surface area (Å²) < 4.78 is 24.2. The summed E-state index contributed by atoms with van der Waals surface area (Å²) in [4.78, 5) is 12.5. The zero-order valence-corrected chi connectivity index (χ0v) is 16.3. The van der Waals surface area contributed by atoms with E-state index in [1.54, 1.807) is 67.8 Å². The Morgan fingerprint density at radius 1 is 1.10 bits per heavy atom. The molecular weight excluding hydrogens is 383 g/mol. The minimum Gasteiger partial charge on any atom is -0.497 e. The van der Waals surface area contributed by atoms with Crippen LogP contribution in [0.2, 0.25) is 0 Å². The predicted molar refractivity (Wildman–Crippen MR) is 112 cm³/mol. The number of carbonyl (C=O) groups excluding carboxylic acids is 1. The van der Waals surface area contributed by atoms with E-state index in [1.165, 1.54) is 18.2 Å². The number of ether oxygens (including phenoxy) is 2. The van der Waals surface area contributed by atoms with Crippen molar-refractivity contribution in [1.82, 2.24) is 0 Å². The fourth-order valence-electron chi connectivity index (χ4n) is 2.70. The van der Waals surface area contributed by atoms with E-state index >= 15 is 0 Å². The summed E-state index contributed by atoms with van der Waals surface area (Å²) in [5, 5.41) is 12.1. The summed E-state index contributed by atoms with van der Waals surface area (Å²) in [6.45, 7) is 0.155. The van der Waals surface area contributed by atoms with E-state index in [-0.39, 0.29) is 18.0 Å². The van der Waals surface area contributed by atoms with Crippen LogP contribution in [0.4, 0.5) is 10.1 Å². The average Bonchev–Trinajstić information content (AvgIpc) is 2.77. The number of nitriles is 1. The van der Waals surface area contributed by atoms with Crippen LogP contribution in [0.15, 0.2) is 78.4 Å². The predicted octanol–water partition coefficient (Wildman–Crippen LogP) is 4.96. The molecule has 150 valence electrons. The normalized spacial score (nSPS) is 10.8. The molecule has 3 aromatic carbocycles. The lowest BCUT2D eigenvalue weighted by molar-refractivity contribution is -0.112. The van der Waals surface area contributed by atoms with Gasteiger partial charge in [0.2, 0.25) is 0 Å². The summed E-state index contributed by atoms with van der Waals surface area (Å²) >= 11 is 0. The van der Waals surface area contributed by atoms with Gasteiger partial charge in [0.25, 0.3) is 5.91 Å².